The first kappa shape index (κ1) is 13.6. The number of carbonyl (C=O) groups excluding carboxylic acids is 1. The number of hydrogen-bond donors (Lipinski definition) is 2. The van der Waals surface area contributed by atoms with E-state index >= 15 is 0 Å². The van der Waals surface area contributed by atoms with Gasteiger partial charge in [-0.2, -0.15) is 0 Å². The van der Waals surface area contributed by atoms with Gasteiger partial charge in [0.05, 0.1) is 5.56 Å². The van der Waals surface area contributed by atoms with Gasteiger partial charge in [0.15, 0.2) is 0 Å². The standard InChI is InChI=1S/C15H19NO3/c17-10-6-2-1-5-9-16-15(18)13-11-19-14-8-4-3-7-12(13)14/h3-4,7-8,11,17H,1-2,5-6,9-10H2,(H,16,18). The molecule has 0 bridgehead atoms. The first-order valence-electron chi connectivity index (χ1n) is 6.68. The maximum absolute atomic E-state index is 12.0. The molecule has 0 atom stereocenters. The lowest BCUT2D eigenvalue weighted by atomic mass is 10.1. The third-order valence-electron chi connectivity index (χ3n) is 3.10. The fourth-order valence-electron chi connectivity index (χ4n) is 2.04. The number of aliphatic hydroxyl groups is 1. The minimum Gasteiger partial charge on any atom is -0.463 e. The highest BCUT2D eigenvalue weighted by molar-refractivity contribution is 6.05. The predicted molar refractivity (Wildman–Crippen MR) is 74.1 cm³/mol. The second-order valence-corrected chi connectivity index (χ2v) is 4.54. The molecule has 102 valence electrons. The van der Waals surface area contributed by atoms with Gasteiger partial charge in [-0.3, -0.25) is 4.79 Å². The predicted octanol–water partition coefficient (Wildman–Crippen LogP) is 2.72. The molecule has 0 unspecified atom stereocenters. The van der Waals surface area contributed by atoms with E-state index in [-0.39, 0.29) is 12.5 Å². The molecular formula is C15H19NO3. The summed E-state index contributed by atoms with van der Waals surface area (Å²) < 4.78 is 5.34. The van der Waals surface area contributed by atoms with Crippen LogP contribution in [0.5, 0.6) is 0 Å². The minimum absolute atomic E-state index is 0.0906. The summed E-state index contributed by atoms with van der Waals surface area (Å²) in [7, 11) is 0. The summed E-state index contributed by atoms with van der Waals surface area (Å²) >= 11 is 0. The molecule has 0 aliphatic heterocycles. The maximum Gasteiger partial charge on any atom is 0.255 e. The van der Waals surface area contributed by atoms with Crippen molar-refractivity contribution in [3.63, 3.8) is 0 Å². The number of furan rings is 1. The molecule has 0 spiro atoms. The summed E-state index contributed by atoms with van der Waals surface area (Å²) in [6.45, 7) is 0.900. The van der Waals surface area contributed by atoms with E-state index in [1.807, 2.05) is 24.3 Å². The lowest BCUT2D eigenvalue weighted by Gasteiger charge is -2.03. The highest BCUT2D eigenvalue weighted by Crippen LogP contribution is 2.20. The quantitative estimate of drug-likeness (QED) is 0.753. The van der Waals surface area contributed by atoms with Crippen LogP contribution in [0.4, 0.5) is 0 Å². The van der Waals surface area contributed by atoms with Crippen LogP contribution in [0.25, 0.3) is 11.0 Å². The van der Waals surface area contributed by atoms with Crippen molar-refractivity contribution >= 4 is 16.9 Å². The Morgan fingerprint density at radius 1 is 1.16 bits per heavy atom. The number of amides is 1. The van der Waals surface area contributed by atoms with Gasteiger partial charge in [0.1, 0.15) is 11.8 Å². The number of unbranched alkanes of at least 4 members (excludes halogenated alkanes) is 3. The zero-order valence-corrected chi connectivity index (χ0v) is 10.9. The monoisotopic (exact) mass is 261 g/mol. The average molecular weight is 261 g/mol. The van der Waals surface area contributed by atoms with Crippen molar-refractivity contribution in [3.8, 4) is 0 Å². The Labute approximate surface area is 112 Å². The first-order chi connectivity index (χ1) is 9.33. The van der Waals surface area contributed by atoms with Crippen LogP contribution in [-0.4, -0.2) is 24.2 Å². The van der Waals surface area contributed by atoms with Crippen molar-refractivity contribution in [3.05, 3.63) is 36.1 Å². The van der Waals surface area contributed by atoms with Gasteiger partial charge < -0.3 is 14.8 Å². The lowest BCUT2D eigenvalue weighted by Crippen LogP contribution is -2.24. The zero-order valence-electron chi connectivity index (χ0n) is 10.9. The Bertz CT molecular complexity index is 533. The number of aliphatic hydroxyl groups excluding tert-OH is 1. The van der Waals surface area contributed by atoms with Crippen molar-refractivity contribution in [1.82, 2.24) is 5.32 Å². The van der Waals surface area contributed by atoms with Gasteiger partial charge in [-0.15, -0.1) is 0 Å². The topological polar surface area (TPSA) is 62.5 Å². The molecule has 0 saturated carbocycles. The van der Waals surface area contributed by atoms with Crippen LogP contribution in [0.3, 0.4) is 0 Å². The molecule has 1 aromatic heterocycles. The number of carbonyl (C=O) groups is 1. The fraction of sp³-hybridized carbons (Fsp3) is 0.400. The normalized spacial score (nSPS) is 10.8. The second kappa shape index (κ2) is 6.95. The maximum atomic E-state index is 12.0. The molecule has 1 heterocycles. The van der Waals surface area contributed by atoms with Gasteiger partial charge >= 0.3 is 0 Å². The minimum atomic E-state index is -0.0906. The van der Waals surface area contributed by atoms with Crippen LogP contribution >= 0.6 is 0 Å². The number of nitrogens with one attached hydrogen (secondary N) is 1. The van der Waals surface area contributed by atoms with Crippen molar-refractivity contribution in [2.24, 2.45) is 0 Å². The summed E-state index contributed by atoms with van der Waals surface area (Å²) in [6.07, 6.45) is 5.29. The van der Waals surface area contributed by atoms with E-state index in [1.54, 1.807) is 0 Å². The van der Waals surface area contributed by atoms with E-state index in [9.17, 15) is 4.79 Å². The molecule has 2 N–H and O–H groups in total. The lowest BCUT2D eigenvalue weighted by molar-refractivity contribution is 0.0953. The molecular weight excluding hydrogens is 242 g/mol. The van der Waals surface area contributed by atoms with Crippen LogP contribution in [0.15, 0.2) is 34.9 Å². The first-order valence-corrected chi connectivity index (χ1v) is 6.68. The Morgan fingerprint density at radius 3 is 2.79 bits per heavy atom. The highest BCUT2D eigenvalue weighted by Gasteiger charge is 2.12. The number of para-hydroxylation sites is 1. The summed E-state index contributed by atoms with van der Waals surface area (Å²) in [5.74, 6) is -0.0906. The van der Waals surface area contributed by atoms with Crippen molar-refractivity contribution in [2.75, 3.05) is 13.2 Å². The molecule has 0 saturated heterocycles. The van der Waals surface area contributed by atoms with Crippen molar-refractivity contribution in [1.29, 1.82) is 0 Å². The molecule has 1 amide bonds. The van der Waals surface area contributed by atoms with E-state index in [0.717, 1.165) is 36.7 Å². The highest BCUT2D eigenvalue weighted by atomic mass is 16.3. The zero-order chi connectivity index (χ0) is 13.5. The molecule has 4 heteroatoms. The van der Waals surface area contributed by atoms with Gasteiger partial charge in [-0.1, -0.05) is 31.0 Å². The fourth-order valence-corrected chi connectivity index (χ4v) is 2.04. The van der Waals surface area contributed by atoms with E-state index in [0.29, 0.717) is 12.1 Å². The van der Waals surface area contributed by atoms with E-state index in [1.165, 1.54) is 6.26 Å². The van der Waals surface area contributed by atoms with E-state index in [2.05, 4.69) is 5.32 Å². The SMILES string of the molecule is O=C(NCCCCCCO)c1coc2ccccc12. The number of rotatable bonds is 7. The molecule has 0 fully saturated rings. The number of hydrogen-bond acceptors (Lipinski definition) is 3. The average Bonchev–Trinajstić information content (AvgIpc) is 2.86. The van der Waals surface area contributed by atoms with Crippen molar-refractivity contribution in [2.45, 2.75) is 25.7 Å². The molecule has 2 rings (SSSR count). The van der Waals surface area contributed by atoms with E-state index in [4.69, 9.17) is 9.52 Å². The van der Waals surface area contributed by atoms with Crippen LogP contribution in [0, 0.1) is 0 Å². The van der Waals surface area contributed by atoms with Crippen molar-refractivity contribution < 1.29 is 14.3 Å². The summed E-state index contributed by atoms with van der Waals surface area (Å²) in [4.78, 5) is 12.0. The number of fused-ring (bicyclic) bond motifs is 1. The summed E-state index contributed by atoms with van der Waals surface area (Å²) in [6, 6.07) is 7.51. The summed E-state index contributed by atoms with van der Waals surface area (Å²) in [5.41, 5.74) is 1.32. The second-order valence-electron chi connectivity index (χ2n) is 4.54. The molecule has 1 aromatic carbocycles. The van der Waals surface area contributed by atoms with Gasteiger partial charge in [0.2, 0.25) is 0 Å². The van der Waals surface area contributed by atoms with Gasteiger partial charge in [0, 0.05) is 18.5 Å². The van der Waals surface area contributed by atoms with Gasteiger partial charge in [-0.25, -0.2) is 0 Å². The molecule has 0 aliphatic carbocycles. The smallest absolute Gasteiger partial charge is 0.255 e. The molecule has 0 radical (unpaired) electrons. The Morgan fingerprint density at radius 2 is 1.95 bits per heavy atom. The van der Waals surface area contributed by atoms with Crippen LogP contribution in [0.2, 0.25) is 0 Å². The largest absolute Gasteiger partial charge is 0.463 e. The molecule has 19 heavy (non-hydrogen) atoms. The molecule has 4 nitrogen and oxygen atoms in total. The Hall–Kier alpha value is -1.81. The van der Waals surface area contributed by atoms with E-state index < -0.39 is 0 Å². The Balaban J connectivity index is 1.83. The molecule has 2 aromatic rings. The number of benzene rings is 1. The van der Waals surface area contributed by atoms with Crippen LogP contribution in [0.1, 0.15) is 36.0 Å². The third kappa shape index (κ3) is 3.58. The van der Waals surface area contributed by atoms with Gasteiger partial charge in [0.25, 0.3) is 5.91 Å². The third-order valence-corrected chi connectivity index (χ3v) is 3.10. The van der Waals surface area contributed by atoms with Gasteiger partial charge in [-0.05, 0) is 18.9 Å². The summed E-state index contributed by atoms with van der Waals surface area (Å²) in [5, 5.41) is 12.4. The van der Waals surface area contributed by atoms with Crippen LogP contribution < -0.4 is 5.32 Å². The van der Waals surface area contributed by atoms with Crippen LogP contribution in [-0.2, 0) is 0 Å². The Kier molecular flexibility index (Phi) is 4.98. The molecule has 0 aliphatic rings.